The highest BCUT2D eigenvalue weighted by molar-refractivity contribution is 9.10. The van der Waals surface area contributed by atoms with Gasteiger partial charge in [0.15, 0.2) is 0 Å². The van der Waals surface area contributed by atoms with E-state index in [1.165, 1.54) is 6.20 Å². The predicted octanol–water partition coefficient (Wildman–Crippen LogP) is 3.72. The average Bonchev–Trinajstić information content (AvgIpc) is 3.34. The lowest BCUT2D eigenvalue weighted by Gasteiger charge is -2.18. The van der Waals surface area contributed by atoms with Gasteiger partial charge in [-0.15, -0.1) is 0 Å². The molecule has 0 aliphatic heterocycles. The zero-order chi connectivity index (χ0) is 21.3. The van der Waals surface area contributed by atoms with Crippen molar-refractivity contribution in [2.45, 2.75) is 6.04 Å². The van der Waals surface area contributed by atoms with Gasteiger partial charge in [0.2, 0.25) is 0 Å². The molecule has 8 nitrogen and oxygen atoms in total. The molecule has 30 heavy (non-hydrogen) atoms. The van der Waals surface area contributed by atoms with Crippen LogP contribution in [0.2, 0.25) is 0 Å². The van der Waals surface area contributed by atoms with Gasteiger partial charge in [0.05, 0.1) is 11.6 Å². The van der Waals surface area contributed by atoms with Crippen LogP contribution in [0.3, 0.4) is 0 Å². The molecule has 9 heteroatoms. The zero-order valence-corrected chi connectivity index (χ0v) is 17.1. The number of halogens is 1. The van der Waals surface area contributed by atoms with E-state index in [0.717, 1.165) is 20.9 Å². The Hall–Kier alpha value is -3.59. The summed E-state index contributed by atoms with van der Waals surface area (Å²) in [6.45, 7) is -0.0863. The standard InChI is InChI=1S/C21H17BrN4O4/c22-11-5-6-13-15(9-24-17(13)7-11)19(27)20(28)26-18(10-25-21(29)30)14-8-23-16-4-2-1-3-12(14)16/h1-9,18,23-25H,10H2,(H,26,28)(H,29,30). The molecule has 0 aliphatic rings. The highest BCUT2D eigenvalue weighted by Crippen LogP contribution is 2.25. The van der Waals surface area contributed by atoms with Crippen molar-refractivity contribution in [1.29, 1.82) is 0 Å². The number of nitrogens with one attached hydrogen (secondary N) is 4. The van der Waals surface area contributed by atoms with Gasteiger partial charge in [0.1, 0.15) is 0 Å². The molecule has 1 unspecified atom stereocenters. The van der Waals surface area contributed by atoms with Gasteiger partial charge in [0, 0.05) is 50.8 Å². The van der Waals surface area contributed by atoms with Gasteiger partial charge in [-0.3, -0.25) is 9.59 Å². The molecule has 4 rings (SSSR count). The van der Waals surface area contributed by atoms with Crippen LogP contribution in [0.1, 0.15) is 22.0 Å². The van der Waals surface area contributed by atoms with Crippen molar-refractivity contribution in [3.63, 3.8) is 0 Å². The van der Waals surface area contributed by atoms with Gasteiger partial charge in [-0.2, -0.15) is 0 Å². The highest BCUT2D eigenvalue weighted by Gasteiger charge is 2.25. The minimum Gasteiger partial charge on any atom is -0.465 e. The van der Waals surface area contributed by atoms with Gasteiger partial charge in [-0.1, -0.05) is 40.2 Å². The van der Waals surface area contributed by atoms with Crippen molar-refractivity contribution >= 4 is 55.5 Å². The SMILES string of the molecule is O=C(O)NCC(NC(=O)C(=O)c1c[nH]c2cc(Br)ccc12)c1c[nH]c2ccccc12. The summed E-state index contributed by atoms with van der Waals surface area (Å²) in [6.07, 6.45) is 1.98. The number of carbonyl (C=O) groups is 3. The number of Topliss-reactive ketones (excluding diaryl/α,β-unsaturated/α-hetero) is 1. The van der Waals surface area contributed by atoms with Gasteiger partial charge in [-0.05, 0) is 18.2 Å². The topological polar surface area (TPSA) is 127 Å². The number of carbonyl (C=O) groups excluding carboxylic acids is 2. The smallest absolute Gasteiger partial charge is 0.404 e. The number of amides is 2. The van der Waals surface area contributed by atoms with Crippen LogP contribution in [0.4, 0.5) is 4.79 Å². The fourth-order valence-electron chi connectivity index (χ4n) is 3.44. The van der Waals surface area contributed by atoms with Crippen LogP contribution in [-0.2, 0) is 4.79 Å². The number of aromatic amines is 2. The van der Waals surface area contributed by atoms with Crippen LogP contribution in [0.5, 0.6) is 0 Å². The summed E-state index contributed by atoms with van der Waals surface area (Å²) in [7, 11) is 0. The highest BCUT2D eigenvalue weighted by atomic mass is 79.9. The number of hydrogen-bond donors (Lipinski definition) is 5. The van der Waals surface area contributed by atoms with Gasteiger partial charge < -0.3 is 25.7 Å². The second-order valence-corrected chi connectivity index (χ2v) is 7.64. The second-order valence-electron chi connectivity index (χ2n) is 6.72. The van der Waals surface area contributed by atoms with Crippen molar-refractivity contribution < 1.29 is 19.5 Å². The van der Waals surface area contributed by atoms with E-state index in [1.54, 1.807) is 18.3 Å². The van der Waals surface area contributed by atoms with Crippen molar-refractivity contribution in [3.8, 4) is 0 Å². The second kappa shape index (κ2) is 8.03. The van der Waals surface area contributed by atoms with E-state index < -0.39 is 23.8 Å². The van der Waals surface area contributed by atoms with Crippen molar-refractivity contribution in [2.75, 3.05) is 6.54 Å². The molecule has 2 aromatic carbocycles. The molecular formula is C21H17BrN4O4. The van der Waals surface area contributed by atoms with Crippen molar-refractivity contribution in [3.05, 3.63) is 70.5 Å². The molecule has 0 radical (unpaired) electrons. The van der Waals surface area contributed by atoms with Crippen LogP contribution in [-0.4, -0.2) is 39.4 Å². The zero-order valence-electron chi connectivity index (χ0n) is 15.5. The van der Waals surface area contributed by atoms with Crippen LogP contribution in [0.15, 0.2) is 59.3 Å². The Labute approximate surface area is 178 Å². The first-order valence-electron chi connectivity index (χ1n) is 9.08. The van der Waals surface area contributed by atoms with E-state index in [0.29, 0.717) is 10.9 Å². The Morgan fingerprint density at radius 3 is 2.57 bits per heavy atom. The van der Waals surface area contributed by atoms with Gasteiger partial charge in [0.25, 0.3) is 11.7 Å². The van der Waals surface area contributed by atoms with Crippen LogP contribution < -0.4 is 10.6 Å². The maximum absolute atomic E-state index is 12.8. The van der Waals surface area contributed by atoms with E-state index in [4.69, 9.17) is 5.11 Å². The molecule has 4 aromatic rings. The number of ketones is 1. The molecule has 2 amide bonds. The minimum absolute atomic E-state index is 0.0863. The summed E-state index contributed by atoms with van der Waals surface area (Å²) >= 11 is 3.37. The first kappa shape index (κ1) is 19.7. The number of hydrogen-bond acceptors (Lipinski definition) is 3. The summed E-state index contributed by atoms with van der Waals surface area (Å²) in [6, 6.07) is 12.1. The molecule has 0 saturated carbocycles. The molecule has 0 aliphatic carbocycles. The third kappa shape index (κ3) is 3.79. The molecule has 2 heterocycles. The minimum atomic E-state index is -1.22. The number of aromatic nitrogens is 2. The molecule has 0 spiro atoms. The Kier molecular flexibility index (Phi) is 5.28. The number of rotatable bonds is 6. The van der Waals surface area contributed by atoms with Crippen LogP contribution in [0.25, 0.3) is 21.8 Å². The normalized spacial score (nSPS) is 12.0. The monoisotopic (exact) mass is 468 g/mol. The molecule has 0 bridgehead atoms. The lowest BCUT2D eigenvalue weighted by atomic mass is 10.0. The summed E-state index contributed by atoms with van der Waals surface area (Å²) in [5, 5.41) is 15.4. The van der Waals surface area contributed by atoms with Crippen molar-refractivity contribution in [2.24, 2.45) is 0 Å². The van der Waals surface area contributed by atoms with E-state index in [2.05, 4.69) is 36.5 Å². The lowest BCUT2D eigenvalue weighted by Crippen LogP contribution is -2.40. The number of benzene rings is 2. The fourth-order valence-corrected chi connectivity index (χ4v) is 3.80. The Balaban J connectivity index is 1.62. The molecule has 0 fully saturated rings. The summed E-state index contributed by atoms with van der Waals surface area (Å²) < 4.78 is 0.847. The van der Waals surface area contributed by atoms with E-state index in [-0.39, 0.29) is 12.1 Å². The molecule has 0 saturated heterocycles. The molecule has 5 N–H and O–H groups in total. The molecule has 2 aromatic heterocycles. The summed E-state index contributed by atoms with van der Waals surface area (Å²) in [4.78, 5) is 42.7. The third-order valence-corrected chi connectivity index (χ3v) is 5.35. The third-order valence-electron chi connectivity index (χ3n) is 4.85. The van der Waals surface area contributed by atoms with Crippen LogP contribution in [0, 0.1) is 0 Å². The number of para-hydroxylation sites is 1. The Morgan fingerprint density at radius 1 is 1.00 bits per heavy atom. The van der Waals surface area contributed by atoms with Crippen LogP contribution >= 0.6 is 15.9 Å². The number of fused-ring (bicyclic) bond motifs is 2. The quantitative estimate of drug-likeness (QED) is 0.218. The Morgan fingerprint density at radius 2 is 1.77 bits per heavy atom. The molecular weight excluding hydrogens is 452 g/mol. The number of carboxylic acid groups (broad SMARTS) is 1. The summed E-state index contributed by atoms with van der Waals surface area (Å²) in [5.41, 5.74) is 2.50. The first-order chi connectivity index (χ1) is 14.4. The summed E-state index contributed by atoms with van der Waals surface area (Å²) in [5.74, 6) is -1.52. The first-order valence-corrected chi connectivity index (χ1v) is 9.88. The predicted molar refractivity (Wildman–Crippen MR) is 116 cm³/mol. The van der Waals surface area contributed by atoms with Gasteiger partial charge in [-0.25, -0.2) is 4.79 Å². The largest absolute Gasteiger partial charge is 0.465 e. The maximum Gasteiger partial charge on any atom is 0.404 e. The maximum atomic E-state index is 12.8. The van der Waals surface area contributed by atoms with E-state index in [1.807, 2.05) is 30.3 Å². The van der Waals surface area contributed by atoms with Gasteiger partial charge >= 0.3 is 6.09 Å². The van der Waals surface area contributed by atoms with E-state index in [9.17, 15) is 14.4 Å². The molecule has 152 valence electrons. The fraction of sp³-hybridized carbons (Fsp3) is 0.0952. The van der Waals surface area contributed by atoms with Crippen molar-refractivity contribution in [1.82, 2.24) is 20.6 Å². The average molecular weight is 469 g/mol. The Bertz CT molecular complexity index is 1280. The molecule has 1 atom stereocenters. The van der Waals surface area contributed by atoms with E-state index >= 15 is 0 Å². The number of H-pyrrole nitrogens is 2. The lowest BCUT2D eigenvalue weighted by molar-refractivity contribution is -0.117.